The first-order chi connectivity index (χ1) is 9.08. The fourth-order valence-electron chi connectivity index (χ4n) is 1.56. The Balaban J connectivity index is 2.17. The number of hydrogen-bond acceptors (Lipinski definition) is 4. The smallest absolute Gasteiger partial charge is 0.291 e. The molecule has 19 heavy (non-hydrogen) atoms. The van der Waals surface area contributed by atoms with Crippen LogP contribution in [0.5, 0.6) is 5.88 Å². The summed E-state index contributed by atoms with van der Waals surface area (Å²) < 4.78 is 6.03. The van der Waals surface area contributed by atoms with Crippen molar-refractivity contribution < 1.29 is 9.66 Å². The first-order valence-corrected chi connectivity index (χ1v) is 6.35. The van der Waals surface area contributed by atoms with Crippen molar-refractivity contribution in [3.8, 4) is 5.88 Å². The Hall–Kier alpha value is -1.95. The van der Waals surface area contributed by atoms with Crippen LogP contribution in [0.25, 0.3) is 0 Å². The molecule has 0 amide bonds. The Morgan fingerprint density at radius 2 is 2.05 bits per heavy atom. The number of rotatable bonds is 4. The van der Waals surface area contributed by atoms with E-state index in [0.717, 1.165) is 5.56 Å². The minimum atomic E-state index is -0.464. The fourth-order valence-corrected chi connectivity index (χ4v) is 1.98. The molecule has 0 spiro atoms. The highest BCUT2D eigenvalue weighted by atomic mass is 79.9. The summed E-state index contributed by atoms with van der Waals surface area (Å²) in [5, 5.41) is 10.8. The first-order valence-electron chi connectivity index (χ1n) is 5.56. The molecule has 5 nitrogen and oxygen atoms in total. The van der Waals surface area contributed by atoms with E-state index in [2.05, 4.69) is 20.9 Å². The van der Waals surface area contributed by atoms with E-state index in [0.29, 0.717) is 22.7 Å². The zero-order valence-electron chi connectivity index (χ0n) is 10.2. The molecular formula is C13H11BrN2O3. The lowest BCUT2D eigenvalue weighted by atomic mass is 10.2. The lowest BCUT2D eigenvalue weighted by molar-refractivity contribution is -0.385. The largest absolute Gasteiger partial charge is 0.472 e. The van der Waals surface area contributed by atoms with Crippen molar-refractivity contribution >= 4 is 21.6 Å². The molecule has 2 aromatic rings. The molecule has 0 unspecified atom stereocenters. The van der Waals surface area contributed by atoms with Crippen LogP contribution in [0.1, 0.15) is 11.3 Å². The lowest BCUT2D eigenvalue weighted by Crippen LogP contribution is -2.01. The van der Waals surface area contributed by atoms with Crippen molar-refractivity contribution in [2.75, 3.05) is 0 Å². The summed E-state index contributed by atoms with van der Waals surface area (Å²) in [6.45, 7) is 1.95. The maximum Gasteiger partial charge on any atom is 0.291 e. The normalized spacial score (nSPS) is 10.2. The van der Waals surface area contributed by atoms with Crippen LogP contribution in [0.2, 0.25) is 0 Å². The Kier molecular flexibility index (Phi) is 4.11. The molecule has 0 fully saturated rings. The van der Waals surface area contributed by atoms with E-state index in [-0.39, 0.29) is 5.69 Å². The Morgan fingerprint density at radius 1 is 1.37 bits per heavy atom. The van der Waals surface area contributed by atoms with Gasteiger partial charge in [0.25, 0.3) is 5.69 Å². The molecule has 1 aromatic carbocycles. The standard InChI is InChI=1S/C13H11BrN2O3/c1-9-12(16(17)18)7-11(14)13(15-9)19-8-10-5-3-2-4-6-10/h2-7H,8H2,1H3. The second kappa shape index (κ2) is 5.79. The highest BCUT2D eigenvalue weighted by molar-refractivity contribution is 9.10. The third-order valence-electron chi connectivity index (χ3n) is 2.52. The number of aryl methyl sites for hydroxylation is 1. The zero-order chi connectivity index (χ0) is 13.8. The molecular weight excluding hydrogens is 312 g/mol. The summed E-state index contributed by atoms with van der Waals surface area (Å²) in [7, 11) is 0. The van der Waals surface area contributed by atoms with E-state index in [1.165, 1.54) is 6.07 Å². The van der Waals surface area contributed by atoms with Gasteiger partial charge < -0.3 is 4.74 Å². The molecule has 98 valence electrons. The van der Waals surface area contributed by atoms with Crippen LogP contribution < -0.4 is 4.74 Å². The number of nitrogens with zero attached hydrogens (tertiary/aromatic N) is 2. The van der Waals surface area contributed by atoms with Gasteiger partial charge in [0.1, 0.15) is 12.3 Å². The van der Waals surface area contributed by atoms with Crippen molar-refractivity contribution in [1.29, 1.82) is 0 Å². The molecule has 0 bridgehead atoms. The molecule has 2 rings (SSSR count). The van der Waals surface area contributed by atoms with Gasteiger partial charge in [-0.1, -0.05) is 30.3 Å². The Labute approximate surface area is 118 Å². The molecule has 0 saturated heterocycles. The SMILES string of the molecule is Cc1nc(OCc2ccccc2)c(Br)cc1[N+](=O)[O-]. The van der Waals surface area contributed by atoms with Crippen molar-refractivity contribution in [2.45, 2.75) is 13.5 Å². The van der Waals surface area contributed by atoms with Crippen LogP contribution >= 0.6 is 15.9 Å². The number of pyridine rings is 1. The van der Waals surface area contributed by atoms with Crippen LogP contribution in [0.4, 0.5) is 5.69 Å². The van der Waals surface area contributed by atoms with Crippen molar-refractivity contribution in [2.24, 2.45) is 0 Å². The molecule has 6 heteroatoms. The van der Waals surface area contributed by atoms with Crippen LogP contribution in [-0.4, -0.2) is 9.91 Å². The number of halogens is 1. The maximum absolute atomic E-state index is 10.8. The Bertz CT molecular complexity index is 602. The first kappa shape index (κ1) is 13.5. The molecule has 1 aromatic heterocycles. The number of aromatic nitrogens is 1. The Morgan fingerprint density at radius 3 is 2.68 bits per heavy atom. The van der Waals surface area contributed by atoms with E-state index in [4.69, 9.17) is 4.74 Å². The topological polar surface area (TPSA) is 65.3 Å². The summed E-state index contributed by atoms with van der Waals surface area (Å²) in [5.41, 5.74) is 1.31. The third-order valence-corrected chi connectivity index (χ3v) is 3.09. The number of nitro groups is 1. The van der Waals surface area contributed by atoms with E-state index in [9.17, 15) is 10.1 Å². The fraction of sp³-hybridized carbons (Fsp3) is 0.154. The predicted octanol–water partition coefficient (Wildman–Crippen LogP) is 3.64. The van der Waals surface area contributed by atoms with Gasteiger partial charge in [0.2, 0.25) is 5.88 Å². The summed E-state index contributed by atoms with van der Waals surface area (Å²) in [6, 6.07) is 11.0. The van der Waals surface area contributed by atoms with E-state index in [1.54, 1.807) is 6.92 Å². The van der Waals surface area contributed by atoms with Crippen LogP contribution in [-0.2, 0) is 6.61 Å². The lowest BCUT2D eigenvalue weighted by Gasteiger charge is -2.08. The summed E-state index contributed by atoms with van der Waals surface area (Å²) >= 11 is 3.23. The highest BCUT2D eigenvalue weighted by Gasteiger charge is 2.16. The van der Waals surface area contributed by atoms with Crippen molar-refractivity contribution in [1.82, 2.24) is 4.98 Å². The van der Waals surface area contributed by atoms with Gasteiger partial charge in [-0.2, -0.15) is 0 Å². The summed E-state index contributed by atoms with van der Waals surface area (Å²) in [5.74, 6) is 0.354. The van der Waals surface area contributed by atoms with E-state index in [1.807, 2.05) is 30.3 Å². The predicted molar refractivity (Wildman–Crippen MR) is 74.1 cm³/mol. The second-order valence-corrected chi connectivity index (χ2v) is 4.77. The molecule has 0 aliphatic rings. The van der Waals surface area contributed by atoms with Crippen LogP contribution in [0.15, 0.2) is 40.9 Å². The highest BCUT2D eigenvalue weighted by Crippen LogP contribution is 2.29. The van der Waals surface area contributed by atoms with Crippen molar-refractivity contribution in [3.05, 3.63) is 62.2 Å². The third kappa shape index (κ3) is 3.29. The van der Waals surface area contributed by atoms with Crippen LogP contribution in [0.3, 0.4) is 0 Å². The monoisotopic (exact) mass is 322 g/mol. The van der Waals surface area contributed by atoms with Crippen LogP contribution in [0, 0.1) is 17.0 Å². The van der Waals surface area contributed by atoms with Gasteiger partial charge in [-0.25, -0.2) is 4.98 Å². The van der Waals surface area contributed by atoms with Gasteiger partial charge in [0.05, 0.1) is 9.40 Å². The molecule has 0 atom stereocenters. The number of hydrogen-bond donors (Lipinski definition) is 0. The van der Waals surface area contributed by atoms with Gasteiger partial charge >= 0.3 is 0 Å². The molecule has 0 aliphatic carbocycles. The van der Waals surface area contributed by atoms with Gasteiger partial charge in [-0.05, 0) is 28.4 Å². The van der Waals surface area contributed by atoms with Gasteiger partial charge in [-0.3, -0.25) is 10.1 Å². The molecule has 1 heterocycles. The van der Waals surface area contributed by atoms with Gasteiger partial charge in [-0.15, -0.1) is 0 Å². The van der Waals surface area contributed by atoms with E-state index < -0.39 is 4.92 Å². The summed E-state index contributed by atoms with van der Waals surface area (Å²) in [4.78, 5) is 14.4. The summed E-state index contributed by atoms with van der Waals surface area (Å²) in [6.07, 6.45) is 0. The molecule has 0 radical (unpaired) electrons. The number of benzene rings is 1. The average molecular weight is 323 g/mol. The molecule has 0 N–H and O–H groups in total. The molecule has 0 aliphatic heterocycles. The zero-order valence-corrected chi connectivity index (χ0v) is 11.8. The number of ether oxygens (including phenoxy) is 1. The second-order valence-electron chi connectivity index (χ2n) is 3.91. The van der Waals surface area contributed by atoms with Gasteiger partial charge in [0, 0.05) is 6.07 Å². The minimum Gasteiger partial charge on any atom is -0.472 e. The van der Waals surface area contributed by atoms with Gasteiger partial charge in [0.15, 0.2) is 0 Å². The minimum absolute atomic E-state index is 0.0288. The quantitative estimate of drug-likeness (QED) is 0.636. The van der Waals surface area contributed by atoms with E-state index >= 15 is 0 Å². The molecule has 0 saturated carbocycles. The van der Waals surface area contributed by atoms with Crippen molar-refractivity contribution in [3.63, 3.8) is 0 Å². The maximum atomic E-state index is 10.8. The average Bonchev–Trinajstić information content (AvgIpc) is 2.40.